The summed E-state index contributed by atoms with van der Waals surface area (Å²) < 4.78 is 61.5. The van der Waals surface area contributed by atoms with Crippen LogP contribution in [0.1, 0.15) is 79.1 Å². The average molecular weight is 475 g/mol. The maximum absolute atomic E-state index is 12.4. The van der Waals surface area contributed by atoms with E-state index in [2.05, 4.69) is 27.7 Å². The molecule has 28 heavy (non-hydrogen) atoms. The normalized spacial score (nSPS) is 13.8. The molecule has 0 aliphatic rings. The lowest BCUT2D eigenvalue weighted by atomic mass is 10.4. The van der Waals surface area contributed by atoms with Crippen molar-refractivity contribution in [2.24, 2.45) is 0 Å². The van der Waals surface area contributed by atoms with Crippen molar-refractivity contribution in [3.8, 4) is 0 Å². The molecule has 170 valence electrons. The summed E-state index contributed by atoms with van der Waals surface area (Å²) >= 11 is 0. The predicted octanol–water partition coefficient (Wildman–Crippen LogP) is 5.11. The van der Waals surface area contributed by atoms with Crippen LogP contribution in [0, 0.1) is 0 Å². The third-order valence-electron chi connectivity index (χ3n) is 5.19. The molecule has 0 N–H and O–H groups in total. The minimum absolute atomic E-state index is 0.658. The average Bonchev–Trinajstić information content (AvgIpc) is 2.57. The highest BCUT2D eigenvalue weighted by Crippen LogP contribution is 2.42. The zero-order valence-electron chi connectivity index (χ0n) is 18.8. The minimum atomic E-state index is -3.71. The van der Waals surface area contributed by atoms with E-state index in [-0.39, 0.29) is 0 Å². The maximum Gasteiger partial charge on any atom is 0.254 e. The lowest BCUT2D eigenvalue weighted by Gasteiger charge is -2.45. The topological polar surface area (TPSA) is 86.7 Å². The Morgan fingerprint density at radius 2 is 0.750 bits per heavy atom. The minimum Gasteiger partial charge on any atom is -0.315 e. The van der Waals surface area contributed by atoms with E-state index in [1.807, 2.05) is 0 Å². The summed E-state index contributed by atoms with van der Waals surface area (Å²) in [7, 11) is -13.4. The van der Waals surface area contributed by atoms with Gasteiger partial charge in [-0.25, -0.2) is 16.8 Å². The van der Waals surface area contributed by atoms with Crippen LogP contribution in [0.5, 0.6) is 0 Å². The van der Waals surface area contributed by atoms with Crippen molar-refractivity contribution in [2.45, 2.75) is 103 Å². The van der Waals surface area contributed by atoms with E-state index < -0.39 is 35.9 Å². The van der Waals surface area contributed by atoms with E-state index in [0.29, 0.717) is 24.2 Å². The Balaban J connectivity index is 6.65. The quantitative estimate of drug-likeness (QED) is 0.272. The molecule has 6 nitrogen and oxygen atoms in total. The zero-order chi connectivity index (χ0) is 21.9. The van der Waals surface area contributed by atoms with Gasteiger partial charge in [-0.2, -0.15) is 0 Å². The molecule has 0 aromatic carbocycles. The van der Waals surface area contributed by atoms with Crippen LogP contribution in [0.2, 0.25) is 24.2 Å². The second-order valence-corrected chi connectivity index (χ2v) is 23.6. The number of hydrogen-bond donors (Lipinski definition) is 0. The standard InChI is InChI=1S/C18H42O6S2Si2/c1-7-11-15-27(16-12-8-2,23-25(5,19)20)28(17-13-9-3,18-14-10-4)24-26(6,21)22/h7-18H2,1-6H3. The second kappa shape index (κ2) is 12.8. The molecule has 0 fully saturated rings. The monoisotopic (exact) mass is 474 g/mol. The first-order chi connectivity index (χ1) is 12.9. The van der Waals surface area contributed by atoms with E-state index in [0.717, 1.165) is 63.9 Å². The van der Waals surface area contributed by atoms with Crippen LogP contribution in [0.25, 0.3) is 0 Å². The summed E-state index contributed by atoms with van der Waals surface area (Å²) in [5.74, 6) is 0. The van der Waals surface area contributed by atoms with Gasteiger partial charge in [-0.05, 0) is 24.2 Å². The molecule has 0 aliphatic carbocycles. The first-order valence-corrected chi connectivity index (χ1v) is 20.0. The van der Waals surface area contributed by atoms with E-state index >= 15 is 0 Å². The van der Waals surface area contributed by atoms with Crippen molar-refractivity contribution in [2.75, 3.05) is 12.5 Å². The molecule has 10 heteroatoms. The number of unbranched alkanes of at least 4 members (excludes halogenated alkanes) is 4. The van der Waals surface area contributed by atoms with Crippen molar-refractivity contribution in [1.82, 2.24) is 0 Å². The van der Waals surface area contributed by atoms with Crippen LogP contribution in [-0.2, 0) is 28.0 Å². The SMILES string of the molecule is CCCC[Si](CCCC)(OS(C)(=O)=O)[Si](CCCC)(CCCC)OS(C)(=O)=O. The maximum atomic E-state index is 12.4. The van der Waals surface area contributed by atoms with Crippen LogP contribution in [0.15, 0.2) is 0 Å². The first-order valence-electron chi connectivity index (χ1n) is 10.7. The Bertz CT molecular complexity index is 562. The molecule has 0 saturated heterocycles. The molecule has 0 amide bonds. The summed E-state index contributed by atoms with van der Waals surface area (Å²) in [5.41, 5.74) is 0. The van der Waals surface area contributed by atoms with Gasteiger partial charge in [0.1, 0.15) is 0 Å². The fourth-order valence-corrected chi connectivity index (χ4v) is 30.2. The van der Waals surface area contributed by atoms with E-state index in [1.54, 1.807) is 0 Å². The van der Waals surface area contributed by atoms with Gasteiger partial charge in [0.2, 0.25) is 15.7 Å². The van der Waals surface area contributed by atoms with E-state index in [1.165, 1.54) is 0 Å². The highest BCUT2D eigenvalue weighted by atomic mass is 32.2. The molecule has 0 bridgehead atoms. The summed E-state index contributed by atoms with van der Waals surface area (Å²) in [6.45, 7) is 8.27. The number of rotatable bonds is 17. The van der Waals surface area contributed by atoms with Crippen molar-refractivity contribution in [3.05, 3.63) is 0 Å². The van der Waals surface area contributed by atoms with Gasteiger partial charge < -0.3 is 7.74 Å². The molecule has 0 heterocycles. The molecular formula is C18H42O6S2Si2. The number of hydrogen-bond acceptors (Lipinski definition) is 6. The summed E-state index contributed by atoms with van der Waals surface area (Å²) in [6.07, 6.45) is 9.22. The van der Waals surface area contributed by atoms with Gasteiger partial charge in [0.15, 0.2) is 0 Å². The van der Waals surface area contributed by atoms with Crippen LogP contribution < -0.4 is 0 Å². The highest BCUT2D eigenvalue weighted by molar-refractivity contribution is 7.89. The van der Waals surface area contributed by atoms with Gasteiger partial charge >= 0.3 is 0 Å². The third kappa shape index (κ3) is 9.84. The van der Waals surface area contributed by atoms with Crippen LogP contribution >= 0.6 is 0 Å². The van der Waals surface area contributed by atoms with Gasteiger partial charge in [0.25, 0.3) is 20.2 Å². The van der Waals surface area contributed by atoms with E-state index in [4.69, 9.17) is 7.74 Å². The van der Waals surface area contributed by atoms with Gasteiger partial charge in [-0.1, -0.05) is 79.1 Å². The molecular weight excluding hydrogens is 432 g/mol. The van der Waals surface area contributed by atoms with Crippen LogP contribution in [-0.4, -0.2) is 45.0 Å². The van der Waals surface area contributed by atoms with Crippen molar-refractivity contribution >= 4 is 35.9 Å². The largest absolute Gasteiger partial charge is 0.315 e. The Hall–Kier alpha value is 0.254. The molecule has 0 spiro atoms. The molecule has 0 unspecified atom stereocenters. The fraction of sp³-hybridized carbons (Fsp3) is 1.00. The predicted molar refractivity (Wildman–Crippen MR) is 122 cm³/mol. The second-order valence-electron chi connectivity index (χ2n) is 7.98. The van der Waals surface area contributed by atoms with E-state index in [9.17, 15) is 16.8 Å². The Kier molecular flexibility index (Phi) is 13.0. The Morgan fingerprint density at radius 3 is 0.893 bits per heavy atom. The first kappa shape index (κ1) is 28.3. The van der Waals surface area contributed by atoms with Gasteiger partial charge in [0, 0.05) is 0 Å². The van der Waals surface area contributed by atoms with Gasteiger partial charge in [0.05, 0.1) is 12.5 Å². The molecule has 0 radical (unpaired) electrons. The van der Waals surface area contributed by atoms with Gasteiger partial charge in [-0.15, -0.1) is 0 Å². The molecule has 0 aromatic heterocycles. The smallest absolute Gasteiger partial charge is 0.254 e. The van der Waals surface area contributed by atoms with Crippen LogP contribution in [0.4, 0.5) is 0 Å². The summed E-state index contributed by atoms with van der Waals surface area (Å²) in [5, 5.41) is 0. The summed E-state index contributed by atoms with van der Waals surface area (Å²) in [6, 6.07) is 2.63. The lowest BCUT2D eigenvalue weighted by Crippen LogP contribution is -2.67. The lowest BCUT2D eigenvalue weighted by molar-refractivity contribution is 0.455. The molecule has 0 rings (SSSR count). The molecule has 0 saturated carbocycles. The molecule has 0 aromatic rings. The Labute approximate surface area is 176 Å². The van der Waals surface area contributed by atoms with Gasteiger partial charge in [-0.3, -0.25) is 0 Å². The van der Waals surface area contributed by atoms with Crippen LogP contribution in [0.3, 0.4) is 0 Å². The summed E-state index contributed by atoms with van der Waals surface area (Å²) in [4.78, 5) is 0. The van der Waals surface area contributed by atoms with Crippen molar-refractivity contribution < 1.29 is 24.6 Å². The Morgan fingerprint density at radius 1 is 0.536 bits per heavy atom. The fourth-order valence-electron chi connectivity index (χ4n) is 3.91. The third-order valence-corrected chi connectivity index (χ3v) is 26.0. The van der Waals surface area contributed by atoms with Crippen molar-refractivity contribution in [1.29, 1.82) is 0 Å². The van der Waals surface area contributed by atoms with Crippen molar-refractivity contribution in [3.63, 3.8) is 0 Å². The molecule has 0 atom stereocenters. The zero-order valence-corrected chi connectivity index (χ0v) is 22.4. The molecule has 0 aliphatic heterocycles. The highest BCUT2D eigenvalue weighted by Gasteiger charge is 2.61.